The number of esters is 1. The van der Waals surface area contributed by atoms with E-state index in [0.717, 1.165) is 29.2 Å². The van der Waals surface area contributed by atoms with Crippen LogP contribution in [0.2, 0.25) is 0 Å². The highest BCUT2D eigenvalue weighted by Gasteiger charge is 2.31. The fraction of sp³-hybridized carbons (Fsp3) is 0.435. The van der Waals surface area contributed by atoms with E-state index in [4.69, 9.17) is 4.74 Å². The van der Waals surface area contributed by atoms with Crippen molar-refractivity contribution in [3.8, 4) is 0 Å². The highest BCUT2D eigenvalue weighted by molar-refractivity contribution is 5.92. The van der Waals surface area contributed by atoms with Crippen molar-refractivity contribution < 1.29 is 19.1 Å². The van der Waals surface area contributed by atoms with Crippen molar-refractivity contribution in [1.29, 1.82) is 0 Å². The molecule has 0 spiro atoms. The smallest absolute Gasteiger partial charge is 0.329 e. The van der Waals surface area contributed by atoms with Gasteiger partial charge in [0.25, 0.3) is 5.91 Å². The number of rotatable bonds is 8. The molecule has 2 aromatic carbocycles. The van der Waals surface area contributed by atoms with Gasteiger partial charge in [0.05, 0.1) is 6.42 Å². The van der Waals surface area contributed by atoms with Crippen LogP contribution in [0, 0.1) is 5.92 Å². The van der Waals surface area contributed by atoms with Crippen LogP contribution in [0.3, 0.4) is 0 Å². The molecule has 2 amide bonds. The first-order chi connectivity index (χ1) is 13.8. The van der Waals surface area contributed by atoms with E-state index in [0.29, 0.717) is 0 Å². The van der Waals surface area contributed by atoms with Gasteiger partial charge < -0.3 is 15.4 Å². The van der Waals surface area contributed by atoms with Gasteiger partial charge in [-0.05, 0) is 42.0 Å². The summed E-state index contributed by atoms with van der Waals surface area (Å²) in [5.74, 6) is -1.32. The van der Waals surface area contributed by atoms with Crippen molar-refractivity contribution >= 4 is 28.6 Å². The minimum absolute atomic E-state index is 0.162. The van der Waals surface area contributed by atoms with Crippen molar-refractivity contribution in [3.05, 3.63) is 48.0 Å². The van der Waals surface area contributed by atoms with Crippen LogP contribution >= 0.6 is 0 Å². The number of fused-ring (bicyclic) bond motifs is 1. The molecule has 0 saturated heterocycles. The fourth-order valence-electron chi connectivity index (χ4n) is 3.19. The molecule has 1 fully saturated rings. The van der Waals surface area contributed by atoms with Crippen LogP contribution in [-0.2, 0) is 25.5 Å². The van der Waals surface area contributed by atoms with Crippen LogP contribution in [-0.4, -0.2) is 36.0 Å². The van der Waals surface area contributed by atoms with Crippen LogP contribution in [0.5, 0.6) is 0 Å². The number of amides is 2. The maximum absolute atomic E-state index is 12.7. The number of ether oxygens (including phenoxy) is 1. The van der Waals surface area contributed by atoms with E-state index in [-0.39, 0.29) is 30.2 Å². The molecule has 0 aliphatic heterocycles. The average Bonchev–Trinajstić information content (AvgIpc) is 3.50. The Bertz CT molecular complexity index is 899. The third kappa shape index (κ3) is 5.56. The molecule has 6 heteroatoms. The molecule has 6 nitrogen and oxygen atoms in total. The lowest BCUT2D eigenvalue weighted by molar-refractivity contribution is -0.158. The Morgan fingerprint density at radius 3 is 2.41 bits per heavy atom. The molecule has 154 valence electrons. The predicted octanol–water partition coefficient (Wildman–Crippen LogP) is 2.73. The van der Waals surface area contributed by atoms with Crippen molar-refractivity contribution in [2.24, 2.45) is 5.92 Å². The summed E-state index contributed by atoms with van der Waals surface area (Å²) in [6, 6.07) is 13.1. The molecule has 0 aromatic heterocycles. The molecular weight excluding hydrogens is 368 g/mol. The Kier molecular flexibility index (Phi) is 6.52. The Balaban J connectivity index is 1.62. The molecule has 1 saturated carbocycles. The van der Waals surface area contributed by atoms with Gasteiger partial charge in [0.2, 0.25) is 5.91 Å². The minimum Gasteiger partial charge on any atom is -0.451 e. The molecule has 0 radical (unpaired) electrons. The molecule has 0 heterocycles. The number of carbonyl (C=O) groups excluding carboxylic acids is 3. The summed E-state index contributed by atoms with van der Waals surface area (Å²) >= 11 is 0. The average molecular weight is 396 g/mol. The molecule has 3 rings (SSSR count). The summed E-state index contributed by atoms with van der Waals surface area (Å²) in [5, 5.41) is 7.67. The maximum Gasteiger partial charge on any atom is 0.329 e. The molecular formula is C23H28N2O4. The Hall–Kier alpha value is -2.89. The topological polar surface area (TPSA) is 84.5 Å². The van der Waals surface area contributed by atoms with Crippen molar-refractivity contribution in [2.75, 3.05) is 0 Å². The maximum atomic E-state index is 12.7. The van der Waals surface area contributed by atoms with Crippen LogP contribution < -0.4 is 10.6 Å². The van der Waals surface area contributed by atoms with Crippen LogP contribution in [0.4, 0.5) is 0 Å². The van der Waals surface area contributed by atoms with Gasteiger partial charge in [-0.2, -0.15) is 0 Å². The third-order valence-corrected chi connectivity index (χ3v) is 5.05. The SMILES string of the molecule is CC(C)[C@H](NC(=O)Cc1cccc2ccccc12)C(=O)O[C@@H](C)C(=O)NC1CC1. The third-order valence-electron chi connectivity index (χ3n) is 5.05. The molecule has 2 atom stereocenters. The molecule has 1 aliphatic rings. The molecule has 2 aromatic rings. The van der Waals surface area contributed by atoms with E-state index in [9.17, 15) is 14.4 Å². The van der Waals surface area contributed by atoms with Gasteiger partial charge in [-0.3, -0.25) is 9.59 Å². The lowest BCUT2D eigenvalue weighted by Crippen LogP contribution is -2.48. The zero-order valence-electron chi connectivity index (χ0n) is 17.1. The second kappa shape index (κ2) is 9.07. The largest absolute Gasteiger partial charge is 0.451 e. The Morgan fingerprint density at radius 2 is 1.72 bits per heavy atom. The predicted molar refractivity (Wildman–Crippen MR) is 111 cm³/mol. The summed E-state index contributed by atoms with van der Waals surface area (Å²) in [4.78, 5) is 37.3. The fourth-order valence-corrected chi connectivity index (χ4v) is 3.19. The molecule has 1 aliphatic carbocycles. The van der Waals surface area contributed by atoms with E-state index in [1.807, 2.05) is 56.3 Å². The lowest BCUT2D eigenvalue weighted by atomic mass is 10.0. The zero-order valence-corrected chi connectivity index (χ0v) is 17.1. The van der Waals surface area contributed by atoms with Crippen LogP contribution in [0.15, 0.2) is 42.5 Å². The van der Waals surface area contributed by atoms with Gasteiger partial charge in [-0.1, -0.05) is 56.3 Å². The second-order valence-electron chi connectivity index (χ2n) is 7.97. The van der Waals surface area contributed by atoms with Gasteiger partial charge in [0.15, 0.2) is 6.10 Å². The summed E-state index contributed by atoms with van der Waals surface area (Å²) in [5.41, 5.74) is 0.897. The van der Waals surface area contributed by atoms with E-state index >= 15 is 0 Å². The first-order valence-electron chi connectivity index (χ1n) is 10.1. The first kappa shape index (κ1) is 20.8. The van der Waals surface area contributed by atoms with E-state index in [1.54, 1.807) is 6.92 Å². The number of nitrogens with one attached hydrogen (secondary N) is 2. The monoisotopic (exact) mass is 396 g/mol. The lowest BCUT2D eigenvalue weighted by Gasteiger charge is -2.23. The van der Waals surface area contributed by atoms with Gasteiger partial charge in [-0.15, -0.1) is 0 Å². The van der Waals surface area contributed by atoms with E-state index < -0.39 is 18.1 Å². The van der Waals surface area contributed by atoms with Crippen LogP contribution in [0.1, 0.15) is 39.2 Å². The summed E-state index contributed by atoms with van der Waals surface area (Å²) in [6.45, 7) is 5.21. The molecule has 0 bridgehead atoms. The summed E-state index contributed by atoms with van der Waals surface area (Å²) in [6.07, 6.45) is 1.20. The highest BCUT2D eigenvalue weighted by Crippen LogP contribution is 2.20. The van der Waals surface area contributed by atoms with Crippen molar-refractivity contribution in [3.63, 3.8) is 0 Å². The zero-order chi connectivity index (χ0) is 21.0. The Labute approximate surface area is 171 Å². The minimum atomic E-state index is -0.890. The molecule has 0 unspecified atom stereocenters. The molecule has 2 N–H and O–H groups in total. The Morgan fingerprint density at radius 1 is 1.03 bits per heavy atom. The van der Waals surface area contributed by atoms with Gasteiger partial charge >= 0.3 is 5.97 Å². The van der Waals surface area contributed by atoms with Crippen LogP contribution in [0.25, 0.3) is 10.8 Å². The second-order valence-corrected chi connectivity index (χ2v) is 7.97. The standard InChI is InChI=1S/C23H28N2O4/c1-14(2)21(23(28)29-15(3)22(27)24-18-11-12-18)25-20(26)13-17-9-6-8-16-7-4-5-10-19(16)17/h4-10,14-15,18,21H,11-13H2,1-3H3,(H,24,27)(H,25,26)/t15-,21-/m0/s1. The number of hydrogen-bond acceptors (Lipinski definition) is 4. The van der Waals surface area contributed by atoms with E-state index in [1.165, 1.54) is 0 Å². The molecule has 29 heavy (non-hydrogen) atoms. The van der Waals surface area contributed by atoms with Gasteiger partial charge in [0.1, 0.15) is 6.04 Å². The first-order valence-corrected chi connectivity index (χ1v) is 10.1. The van der Waals surface area contributed by atoms with Crippen molar-refractivity contribution in [2.45, 2.75) is 58.2 Å². The number of benzene rings is 2. The number of carbonyl (C=O) groups is 3. The number of hydrogen-bond donors (Lipinski definition) is 2. The van der Waals surface area contributed by atoms with Crippen molar-refractivity contribution in [1.82, 2.24) is 10.6 Å². The van der Waals surface area contributed by atoms with Gasteiger partial charge in [0, 0.05) is 6.04 Å². The summed E-state index contributed by atoms with van der Waals surface area (Å²) < 4.78 is 5.32. The summed E-state index contributed by atoms with van der Waals surface area (Å²) in [7, 11) is 0. The normalized spacial score (nSPS) is 15.6. The quantitative estimate of drug-likeness (QED) is 0.672. The highest BCUT2D eigenvalue weighted by atomic mass is 16.5. The van der Waals surface area contributed by atoms with E-state index in [2.05, 4.69) is 10.6 Å². The van der Waals surface area contributed by atoms with Gasteiger partial charge in [-0.25, -0.2) is 4.79 Å².